The molecule has 7 aromatic carbocycles. The topological polar surface area (TPSA) is 63.0 Å². The van der Waals surface area contributed by atoms with Crippen LogP contribution < -0.4 is 5.32 Å². The summed E-state index contributed by atoms with van der Waals surface area (Å²) in [5.41, 5.74) is 6.55. The molecular weight excluding hydrogens is 623 g/mol. The van der Waals surface area contributed by atoms with E-state index in [-0.39, 0.29) is 0 Å². The summed E-state index contributed by atoms with van der Waals surface area (Å²) in [7, 11) is 0. The summed E-state index contributed by atoms with van der Waals surface area (Å²) < 4.78 is 15.1. The summed E-state index contributed by atoms with van der Waals surface area (Å²) in [6.45, 7) is 0. The molecule has 0 bridgehead atoms. The molecule has 230 valence electrons. The second-order valence-electron chi connectivity index (χ2n) is 12.6. The average Bonchev–Trinajstić information content (AvgIpc) is 3.85. The Bertz CT molecular complexity index is 3050. The predicted octanol–water partition coefficient (Wildman–Crippen LogP) is 11.5. The normalized spacial score (nSPS) is 15.1. The molecule has 5 nitrogen and oxygen atoms in total. The van der Waals surface area contributed by atoms with Crippen molar-refractivity contribution in [2.24, 2.45) is 9.98 Å². The van der Waals surface area contributed by atoms with Crippen molar-refractivity contribution < 1.29 is 8.83 Å². The van der Waals surface area contributed by atoms with Gasteiger partial charge in [0.15, 0.2) is 6.17 Å². The summed E-state index contributed by atoms with van der Waals surface area (Å²) >= 11 is 1.78. The highest BCUT2D eigenvalue weighted by Gasteiger charge is 2.27. The summed E-state index contributed by atoms with van der Waals surface area (Å²) in [5, 5.41) is 12.6. The van der Waals surface area contributed by atoms with Crippen LogP contribution in [0.15, 0.2) is 158 Å². The molecule has 4 heterocycles. The quantitative estimate of drug-likeness (QED) is 0.208. The fourth-order valence-corrected chi connectivity index (χ4v) is 8.61. The third kappa shape index (κ3) is 4.04. The largest absolute Gasteiger partial charge is 0.456 e. The number of rotatable bonds is 3. The number of benzene rings is 7. The molecule has 0 radical (unpaired) electrons. The van der Waals surface area contributed by atoms with Crippen molar-refractivity contribution in [1.29, 1.82) is 0 Å². The molecule has 0 aliphatic carbocycles. The third-order valence-electron chi connectivity index (χ3n) is 9.71. The van der Waals surface area contributed by atoms with Crippen LogP contribution in [0.1, 0.15) is 22.9 Å². The first-order chi connectivity index (χ1) is 24.2. The van der Waals surface area contributed by atoms with Gasteiger partial charge in [0.1, 0.15) is 34.0 Å². The van der Waals surface area contributed by atoms with E-state index in [4.69, 9.17) is 18.8 Å². The maximum Gasteiger partial charge on any atom is 0.171 e. The zero-order chi connectivity index (χ0) is 32.1. The number of hydrogen-bond donors (Lipinski definition) is 1. The smallest absolute Gasteiger partial charge is 0.171 e. The molecule has 0 saturated heterocycles. The van der Waals surface area contributed by atoms with Crippen molar-refractivity contribution in [3.63, 3.8) is 0 Å². The Balaban J connectivity index is 1.18. The number of nitrogens with zero attached hydrogens (tertiary/aromatic N) is 2. The van der Waals surface area contributed by atoms with Crippen molar-refractivity contribution in [1.82, 2.24) is 5.32 Å². The van der Waals surface area contributed by atoms with Gasteiger partial charge in [0.25, 0.3) is 0 Å². The van der Waals surface area contributed by atoms with E-state index < -0.39 is 6.17 Å². The van der Waals surface area contributed by atoms with Crippen LogP contribution in [0, 0.1) is 0 Å². The highest BCUT2D eigenvalue weighted by atomic mass is 32.1. The fraction of sp³-hybridized carbons (Fsp3) is 0.0233. The highest BCUT2D eigenvalue weighted by molar-refractivity contribution is 7.26. The monoisotopic (exact) mass is 647 g/mol. The first-order valence-electron chi connectivity index (χ1n) is 16.3. The minimum absolute atomic E-state index is 0.497. The number of para-hydroxylation sites is 2. The molecule has 11 rings (SSSR count). The number of hydrogen-bond acceptors (Lipinski definition) is 6. The molecular formula is C43H25N3O2S. The van der Waals surface area contributed by atoms with Crippen LogP contribution >= 0.6 is 11.3 Å². The molecule has 1 N–H and O–H groups in total. The highest BCUT2D eigenvalue weighted by Crippen LogP contribution is 2.46. The molecule has 0 fully saturated rings. The van der Waals surface area contributed by atoms with Gasteiger partial charge < -0.3 is 14.2 Å². The Labute approximate surface area is 283 Å². The van der Waals surface area contributed by atoms with Gasteiger partial charge in [-0.05, 0) is 59.3 Å². The number of furan rings is 2. The van der Waals surface area contributed by atoms with Gasteiger partial charge >= 0.3 is 0 Å². The fourth-order valence-electron chi connectivity index (χ4n) is 7.37. The van der Waals surface area contributed by atoms with Gasteiger partial charge in [-0.2, -0.15) is 0 Å². The van der Waals surface area contributed by atoms with Gasteiger partial charge in [-0.3, -0.25) is 0 Å². The van der Waals surface area contributed by atoms with E-state index in [1.165, 1.54) is 15.5 Å². The minimum Gasteiger partial charge on any atom is -0.456 e. The molecule has 0 spiro atoms. The Morgan fingerprint density at radius 3 is 1.98 bits per heavy atom. The first-order valence-corrected chi connectivity index (χ1v) is 17.2. The van der Waals surface area contributed by atoms with Crippen molar-refractivity contribution in [2.75, 3.05) is 0 Å². The van der Waals surface area contributed by atoms with Crippen LogP contribution in [0.5, 0.6) is 0 Å². The molecule has 1 atom stereocenters. The van der Waals surface area contributed by atoms with E-state index >= 15 is 0 Å². The molecule has 1 aliphatic heterocycles. The minimum atomic E-state index is -0.497. The van der Waals surface area contributed by atoms with Gasteiger partial charge in [-0.1, -0.05) is 91.0 Å². The predicted molar refractivity (Wildman–Crippen MR) is 203 cm³/mol. The number of nitrogens with one attached hydrogen (secondary N) is 1. The molecule has 6 heteroatoms. The zero-order valence-electron chi connectivity index (χ0n) is 26.0. The van der Waals surface area contributed by atoms with Crippen LogP contribution in [0.25, 0.3) is 74.8 Å². The molecule has 0 amide bonds. The van der Waals surface area contributed by atoms with E-state index in [2.05, 4.69) is 108 Å². The third-order valence-corrected chi connectivity index (χ3v) is 10.9. The molecule has 1 unspecified atom stereocenters. The number of amidine groups is 2. The summed E-state index contributed by atoms with van der Waals surface area (Å²) in [6, 6.07) is 48.5. The van der Waals surface area contributed by atoms with E-state index in [0.717, 1.165) is 87.7 Å². The Morgan fingerprint density at radius 1 is 0.510 bits per heavy atom. The van der Waals surface area contributed by atoms with E-state index in [9.17, 15) is 0 Å². The maximum atomic E-state index is 6.58. The molecule has 10 aromatic rings. The SMILES string of the molecule is c1ccc2cc(C3=NC(c4cc5c6ccccc6oc5c5c4sc4ccccc45)N=C(c4ccc5oc6ccccc6c5c4)N3)ccc2c1. The average molecular weight is 648 g/mol. The van der Waals surface area contributed by atoms with Crippen LogP contribution in [0.2, 0.25) is 0 Å². The summed E-state index contributed by atoms with van der Waals surface area (Å²) in [6.07, 6.45) is -0.497. The maximum absolute atomic E-state index is 6.58. The van der Waals surface area contributed by atoms with Gasteiger partial charge in [-0.15, -0.1) is 11.3 Å². The summed E-state index contributed by atoms with van der Waals surface area (Å²) in [5.74, 6) is 1.55. The van der Waals surface area contributed by atoms with E-state index in [1.807, 2.05) is 36.4 Å². The van der Waals surface area contributed by atoms with E-state index in [0.29, 0.717) is 0 Å². The molecule has 49 heavy (non-hydrogen) atoms. The van der Waals surface area contributed by atoms with Gasteiger partial charge in [0.05, 0.1) is 0 Å². The molecule has 0 saturated carbocycles. The van der Waals surface area contributed by atoms with Gasteiger partial charge in [0.2, 0.25) is 0 Å². The van der Waals surface area contributed by atoms with Crippen LogP contribution in [0.3, 0.4) is 0 Å². The van der Waals surface area contributed by atoms with Crippen molar-refractivity contribution >= 4 is 97.8 Å². The molecule has 3 aromatic heterocycles. The zero-order valence-corrected chi connectivity index (χ0v) is 26.8. The first kappa shape index (κ1) is 26.8. The Kier molecular flexibility index (Phi) is 5.54. The lowest BCUT2D eigenvalue weighted by molar-refractivity contribution is 0.669. The van der Waals surface area contributed by atoms with Gasteiger partial charge in [0, 0.05) is 58.4 Å². The van der Waals surface area contributed by atoms with Crippen molar-refractivity contribution in [2.45, 2.75) is 6.17 Å². The summed E-state index contributed by atoms with van der Waals surface area (Å²) in [4.78, 5) is 10.8. The number of thiophene rings is 1. The lowest BCUT2D eigenvalue weighted by Gasteiger charge is -2.23. The Morgan fingerprint density at radius 2 is 1.14 bits per heavy atom. The van der Waals surface area contributed by atoms with Crippen molar-refractivity contribution in [3.05, 3.63) is 156 Å². The standard InChI is InChI=1S/C43H25N3O2S/c1-2-10-25-21-26(18-17-24(25)9-1)41-44-42(27-19-20-36-31(22-27)28-11-3-6-14-34(28)47-36)46-43(45-41)33-23-32-29-12-4-7-15-35(29)48-39(32)38-30-13-5-8-16-37(30)49-40(33)38/h1-23,43H,(H,44,45,46). The number of fused-ring (bicyclic) bond motifs is 11. The van der Waals surface area contributed by atoms with Crippen LogP contribution in [-0.4, -0.2) is 11.7 Å². The number of aliphatic imine (C=N–C) groups is 2. The van der Waals surface area contributed by atoms with Gasteiger partial charge in [-0.25, -0.2) is 9.98 Å². The lowest BCUT2D eigenvalue weighted by atomic mass is 10.0. The lowest BCUT2D eigenvalue weighted by Crippen LogP contribution is -2.36. The second-order valence-corrected chi connectivity index (χ2v) is 13.6. The van der Waals surface area contributed by atoms with Crippen molar-refractivity contribution in [3.8, 4) is 0 Å². The second kappa shape index (κ2) is 10.1. The van der Waals surface area contributed by atoms with E-state index in [1.54, 1.807) is 11.3 Å². The van der Waals surface area contributed by atoms with Crippen LogP contribution in [-0.2, 0) is 0 Å². The Hall–Kier alpha value is -6.24. The van der Waals surface area contributed by atoms with Crippen LogP contribution in [0.4, 0.5) is 0 Å². The molecule has 1 aliphatic rings.